The molecule has 0 atom stereocenters. The summed E-state index contributed by atoms with van der Waals surface area (Å²) in [5.74, 6) is -0.748. The summed E-state index contributed by atoms with van der Waals surface area (Å²) in [6.07, 6.45) is -9.25. The molecule has 0 bridgehead atoms. The highest BCUT2D eigenvalue weighted by Gasteiger charge is 2.34. The number of halogens is 6. The molecule has 2 aromatic rings. The van der Waals surface area contributed by atoms with Crippen molar-refractivity contribution in [1.82, 2.24) is 9.97 Å². The molecule has 0 aliphatic carbocycles. The summed E-state index contributed by atoms with van der Waals surface area (Å²) >= 11 is 0. The lowest BCUT2D eigenvalue weighted by Crippen LogP contribution is -2.14. The second-order valence-electron chi connectivity index (χ2n) is 5.42. The predicted molar refractivity (Wildman–Crippen MR) is 84.0 cm³/mol. The summed E-state index contributed by atoms with van der Waals surface area (Å²) in [4.78, 5) is 17.6. The van der Waals surface area contributed by atoms with Crippen molar-refractivity contribution in [2.75, 3.05) is 5.32 Å². The third-order valence-electron chi connectivity index (χ3n) is 3.28. The van der Waals surface area contributed by atoms with Crippen LogP contribution in [-0.2, 0) is 17.1 Å². The van der Waals surface area contributed by atoms with E-state index >= 15 is 0 Å². The average Bonchev–Trinajstić information content (AvgIpc) is 2.52. The van der Waals surface area contributed by atoms with Crippen molar-refractivity contribution in [2.45, 2.75) is 18.8 Å². The van der Waals surface area contributed by atoms with Crippen molar-refractivity contribution in [1.29, 1.82) is 0 Å². The number of carbonyl (C=O) groups is 1. The first-order chi connectivity index (χ1) is 12.4. The maximum Gasteiger partial charge on any atom is 0.433 e. The van der Waals surface area contributed by atoms with E-state index in [0.29, 0.717) is 18.5 Å². The van der Waals surface area contributed by atoms with Gasteiger partial charge >= 0.3 is 12.4 Å². The number of benzene rings is 1. The van der Waals surface area contributed by atoms with Crippen LogP contribution in [0.25, 0.3) is 11.3 Å². The summed E-state index contributed by atoms with van der Waals surface area (Å²) < 4.78 is 77.6. The van der Waals surface area contributed by atoms with Crippen LogP contribution in [0.4, 0.5) is 32.0 Å². The molecule has 3 N–H and O–H groups in total. The number of alkyl halides is 6. The number of hydrogen-bond acceptors (Lipinski definition) is 4. The van der Waals surface area contributed by atoms with Crippen molar-refractivity contribution >= 4 is 11.6 Å². The third-order valence-corrected chi connectivity index (χ3v) is 3.28. The molecule has 0 radical (unpaired) electrons. The Bertz CT molecular complexity index is 876. The van der Waals surface area contributed by atoms with Crippen molar-refractivity contribution in [2.24, 2.45) is 5.73 Å². The molecule has 11 heteroatoms. The van der Waals surface area contributed by atoms with Crippen molar-refractivity contribution in [3.63, 3.8) is 0 Å². The van der Waals surface area contributed by atoms with Gasteiger partial charge in [-0.1, -0.05) is 6.58 Å². The van der Waals surface area contributed by atoms with Gasteiger partial charge in [0.25, 0.3) is 0 Å². The van der Waals surface area contributed by atoms with Gasteiger partial charge in [-0.25, -0.2) is 9.97 Å². The number of carbonyl (C=O) groups excluding carboxylic acids is 1. The number of nitrogens with two attached hydrogens (primary N) is 1. The lowest BCUT2D eigenvalue weighted by molar-refractivity contribution is -0.141. The molecule has 5 nitrogen and oxygen atoms in total. The predicted octanol–water partition coefficient (Wildman–Crippen LogP) is 3.98. The van der Waals surface area contributed by atoms with Gasteiger partial charge in [-0.05, 0) is 24.3 Å². The molecule has 0 unspecified atom stereocenters. The monoisotopic (exact) mass is 390 g/mol. The van der Waals surface area contributed by atoms with E-state index in [1.165, 1.54) is 0 Å². The fourth-order valence-corrected chi connectivity index (χ4v) is 2.15. The number of nitrogens with one attached hydrogen (secondary N) is 1. The fourth-order valence-electron chi connectivity index (χ4n) is 2.15. The van der Waals surface area contributed by atoms with Crippen molar-refractivity contribution in [3.8, 4) is 11.3 Å². The average molecular weight is 390 g/mol. The molecule has 1 amide bonds. The highest BCUT2D eigenvalue weighted by molar-refractivity contribution is 5.81. The van der Waals surface area contributed by atoms with Gasteiger partial charge in [0.2, 0.25) is 5.91 Å². The van der Waals surface area contributed by atoms with Gasteiger partial charge in [-0.3, -0.25) is 4.79 Å². The molecule has 0 spiro atoms. The van der Waals surface area contributed by atoms with E-state index in [0.717, 1.165) is 12.1 Å². The van der Waals surface area contributed by atoms with Gasteiger partial charge in [0, 0.05) is 16.9 Å². The normalized spacial score (nSPS) is 11.9. The van der Waals surface area contributed by atoms with E-state index in [1.54, 1.807) is 0 Å². The largest absolute Gasteiger partial charge is 0.433 e. The SMILES string of the molecule is C=C(CC(N)=O)Nc1ccc(C(F)(F)F)cc1-c1cc(C(F)(F)F)ncn1. The van der Waals surface area contributed by atoms with Gasteiger partial charge in [0.05, 0.1) is 17.7 Å². The zero-order valence-corrected chi connectivity index (χ0v) is 13.4. The summed E-state index contributed by atoms with van der Waals surface area (Å²) in [6, 6.07) is 2.90. The third kappa shape index (κ3) is 5.19. The molecule has 144 valence electrons. The van der Waals surface area contributed by atoms with Gasteiger partial charge < -0.3 is 11.1 Å². The number of aromatic nitrogens is 2. The van der Waals surface area contributed by atoms with Crippen LogP contribution in [0.1, 0.15) is 17.7 Å². The minimum atomic E-state index is -4.80. The Morgan fingerprint density at radius 1 is 1.07 bits per heavy atom. The molecule has 2 rings (SSSR count). The van der Waals surface area contributed by atoms with Crippen LogP contribution in [0.15, 0.2) is 42.9 Å². The Morgan fingerprint density at radius 2 is 1.74 bits per heavy atom. The summed E-state index contributed by atoms with van der Waals surface area (Å²) in [6.45, 7) is 3.51. The first-order valence-electron chi connectivity index (χ1n) is 7.22. The number of amides is 1. The highest BCUT2D eigenvalue weighted by atomic mass is 19.4. The fraction of sp³-hybridized carbons (Fsp3) is 0.188. The minimum absolute atomic E-state index is 0.0268. The maximum absolute atomic E-state index is 13.0. The van der Waals surface area contributed by atoms with Crippen LogP contribution in [0.2, 0.25) is 0 Å². The van der Waals surface area contributed by atoms with E-state index < -0.39 is 35.2 Å². The number of primary amides is 1. The molecule has 0 saturated heterocycles. The molecule has 1 aromatic heterocycles. The lowest BCUT2D eigenvalue weighted by Gasteiger charge is -2.16. The molecule has 0 fully saturated rings. The Labute approximate surface area is 148 Å². The van der Waals surface area contributed by atoms with E-state index in [4.69, 9.17) is 5.73 Å². The van der Waals surface area contributed by atoms with E-state index in [9.17, 15) is 31.1 Å². The van der Waals surface area contributed by atoms with Crippen LogP contribution >= 0.6 is 0 Å². The van der Waals surface area contributed by atoms with E-state index in [2.05, 4.69) is 21.9 Å². The first-order valence-corrected chi connectivity index (χ1v) is 7.22. The molecule has 1 aromatic carbocycles. The van der Waals surface area contributed by atoms with Gasteiger partial charge in [0.15, 0.2) is 0 Å². The molecule has 0 saturated carbocycles. The van der Waals surface area contributed by atoms with Crippen LogP contribution in [0, 0.1) is 0 Å². The van der Waals surface area contributed by atoms with Crippen LogP contribution < -0.4 is 11.1 Å². The minimum Gasteiger partial charge on any atom is -0.369 e. The smallest absolute Gasteiger partial charge is 0.369 e. The Kier molecular flexibility index (Phi) is 5.43. The lowest BCUT2D eigenvalue weighted by atomic mass is 10.0. The van der Waals surface area contributed by atoms with Crippen LogP contribution in [0.5, 0.6) is 0 Å². The Balaban J connectivity index is 2.57. The number of anilines is 1. The Hall–Kier alpha value is -3.11. The van der Waals surface area contributed by atoms with Crippen LogP contribution in [-0.4, -0.2) is 15.9 Å². The molecule has 1 heterocycles. The second kappa shape index (κ2) is 7.25. The van der Waals surface area contributed by atoms with Crippen molar-refractivity contribution in [3.05, 3.63) is 54.1 Å². The highest BCUT2D eigenvalue weighted by Crippen LogP contribution is 2.37. The topological polar surface area (TPSA) is 80.9 Å². The summed E-state index contributed by atoms with van der Waals surface area (Å²) in [5.41, 5.74) is 1.97. The molecular weight excluding hydrogens is 378 g/mol. The molecular formula is C16H12F6N4O. The van der Waals surface area contributed by atoms with E-state index in [1.807, 2.05) is 0 Å². The van der Waals surface area contributed by atoms with Crippen LogP contribution in [0.3, 0.4) is 0 Å². The summed E-state index contributed by atoms with van der Waals surface area (Å²) in [7, 11) is 0. The number of nitrogens with zero attached hydrogens (tertiary/aromatic N) is 2. The van der Waals surface area contributed by atoms with Gasteiger partial charge in [-0.2, -0.15) is 26.3 Å². The maximum atomic E-state index is 13.0. The number of rotatable bonds is 5. The van der Waals surface area contributed by atoms with Gasteiger partial charge in [0.1, 0.15) is 12.0 Å². The van der Waals surface area contributed by atoms with E-state index in [-0.39, 0.29) is 23.4 Å². The van der Waals surface area contributed by atoms with Gasteiger partial charge in [-0.15, -0.1) is 0 Å². The quantitative estimate of drug-likeness (QED) is 0.757. The summed E-state index contributed by atoms with van der Waals surface area (Å²) in [5, 5.41) is 2.57. The standard InChI is InChI=1S/C16H12F6N4O/c1-8(4-14(23)27)26-11-3-2-9(15(17,18)19)5-10(11)12-6-13(16(20,21)22)25-7-24-12/h2-3,5-7,26H,1,4H2,(H2,23,27). The molecule has 0 aliphatic rings. The molecule has 0 aliphatic heterocycles. The zero-order chi connectivity index (χ0) is 20.4. The Morgan fingerprint density at radius 3 is 2.30 bits per heavy atom. The van der Waals surface area contributed by atoms with Crippen molar-refractivity contribution < 1.29 is 31.1 Å². The second-order valence-corrected chi connectivity index (χ2v) is 5.42. The molecule has 27 heavy (non-hydrogen) atoms. The number of hydrogen-bond donors (Lipinski definition) is 2. The first kappa shape index (κ1) is 20.2. The zero-order valence-electron chi connectivity index (χ0n) is 13.4.